The number of nitrogen functional groups attached to an aromatic ring is 1. The van der Waals surface area contributed by atoms with E-state index in [4.69, 9.17) is 11.1 Å². The molecule has 0 bridgehead atoms. The zero-order chi connectivity index (χ0) is 13.2. The van der Waals surface area contributed by atoms with Gasteiger partial charge in [0.1, 0.15) is 11.5 Å². The van der Waals surface area contributed by atoms with E-state index in [-0.39, 0.29) is 5.84 Å². The molecule has 4 heteroatoms. The number of nitrogens with zero attached hydrogens (tertiary/aromatic N) is 2. The van der Waals surface area contributed by atoms with Crippen LogP contribution in [0.3, 0.4) is 0 Å². The van der Waals surface area contributed by atoms with Crippen molar-refractivity contribution in [1.29, 1.82) is 5.41 Å². The maximum absolute atomic E-state index is 7.63. The average Bonchev–Trinajstić information content (AvgIpc) is 3.25. The molecule has 0 aromatic carbocycles. The van der Waals surface area contributed by atoms with E-state index in [1.165, 1.54) is 38.8 Å². The average molecular weight is 258 g/mol. The molecule has 3 N–H and O–H groups in total. The maximum Gasteiger partial charge on any atom is 0.142 e. The van der Waals surface area contributed by atoms with Crippen LogP contribution in [0.25, 0.3) is 0 Å². The second kappa shape index (κ2) is 5.29. The highest BCUT2D eigenvalue weighted by Crippen LogP contribution is 2.34. The molecule has 0 amide bonds. The summed E-state index contributed by atoms with van der Waals surface area (Å²) < 4.78 is 0. The van der Waals surface area contributed by atoms with Crippen LogP contribution in [0.5, 0.6) is 0 Å². The second-order valence-corrected chi connectivity index (χ2v) is 6.01. The van der Waals surface area contributed by atoms with Crippen LogP contribution in [-0.2, 0) is 6.54 Å². The zero-order valence-electron chi connectivity index (χ0n) is 11.3. The van der Waals surface area contributed by atoms with Gasteiger partial charge in [0, 0.05) is 25.8 Å². The number of nitrogens with one attached hydrogen (secondary N) is 1. The van der Waals surface area contributed by atoms with E-state index in [2.05, 4.69) is 16.0 Å². The molecule has 0 unspecified atom stereocenters. The van der Waals surface area contributed by atoms with E-state index in [0.717, 1.165) is 23.9 Å². The Hall–Kier alpha value is -1.42. The van der Waals surface area contributed by atoms with Gasteiger partial charge >= 0.3 is 0 Å². The summed E-state index contributed by atoms with van der Waals surface area (Å²) in [7, 11) is 0. The summed E-state index contributed by atoms with van der Waals surface area (Å²) in [4.78, 5) is 6.79. The molecule has 102 valence electrons. The Morgan fingerprint density at radius 1 is 1.26 bits per heavy atom. The first kappa shape index (κ1) is 12.6. The van der Waals surface area contributed by atoms with Crippen molar-refractivity contribution < 1.29 is 0 Å². The minimum absolute atomic E-state index is 0.0772. The molecule has 2 saturated carbocycles. The van der Waals surface area contributed by atoms with Crippen LogP contribution >= 0.6 is 0 Å². The van der Waals surface area contributed by atoms with Crippen LogP contribution in [0.1, 0.15) is 36.9 Å². The smallest absolute Gasteiger partial charge is 0.142 e. The molecule has 0 radical (unpaired) electrons. The summed E-state index contributed by atoms with van der Waals surface area (Å²) in [5.41, 5.74) is 7.37. The molecule has 0 spiro atoms. The van der Waals surface area contributed by atoms with Crippen molar-refractivity contribution >= 4 is 5.84 Å². The molecule has 2 fully saturated rings. The Balaban J connectivity index is 1.70. The summed E-state index contributed by atoms with van der Waals surface area (Å²) in [6.45, 7) is 3.28. The second-order valence-electron chi connectivity index (χ2n) is 6.01. The van der Waals surface area contributed by atoms with Crippen molar-refractivity contribution in [2.45, 2.75) is 32.2 Å². The van der Waals surface area contributed by atoms with Gasteiger partial charge < -0.3 is 5.73 Å². The van der Waals surface area contributed by atoms with Gasteiger partial charge in [-0.15, -0.1) is 0 Å². The van der Waals surface area contributed by atoms with Crippen molar-refractivity contribution in [3.8, 4) is 0 Å². The van der Waals surface area contributed by atoms with Crippen LogP contribution < -0.4 is 5.73 Å². The van der Waals surface area contributed by atoms with Crippen LogP contribution in [0, 0.1) is 17.2 Å². The summed E-state index contributed by atoms with van der Waals surface area (Å²) in [6.07, 6.45) is 7.25. The number of pyridine rings is 1. The Bertz CT molecular complexity index is 449. The quantitative estimate of drug-likeness (QED) is 0.580. The fourth-order valence-electron chi connectivity index (χ4n) is 2.58. The van der Waals surface area contributed by atoms with E-state index in [1.54, 1.807) is 6.20 Å². The molecule has 1 heterocycles. The minimum Gasteiger partial charge on any atom is -0.382 e. The molecule has 19 heavy (non-hydrogen) atoms. The number of rotatable bonds is 7. The van der Waals surface area contributed by atoms with Gasteiger partial charge in [0.25, 0.3) is 0 Å². The van der Waals surface area contributed by atoms with Gasteiger partial charge in [0.05, 0.1) is 0 Å². The molecule has 0 atom stereocenters. The van der Waals surface area contributed by atoms with Crippen molar-refractivity contribution in [1.82, 2.24) is 9.88 Å². The number of amidine groups is 1. The van der Waals surface area contributed by atoms with Crippen LogP contribution in [0.2, 0.25) is 0 Å². The van der Waals surface area contributed by atoms with Crippen LogP contribution in [0.4, 0.5) is 0 Å². The van der Waals surface area contributed by atoms with Crippen molar-refractivity contribution in [2.24, 2.45) is 17.6 Å². The molecule has 1 aromatic rings. The Kier molecular flexibility index (Phi) is 3.51. The van der Waals surface area contributed by atoms with E-state index in [1.807, 2.05) is 6.07 Å². The van der Waals surface area contributed by atoms with E-state index in [0.29, 0.717) is 5.69 Å². The first-order valence-electron chi connectivity index (χ1n) is 7.23. The molecule has 3 rings (SSSR count). The standard InChI is InChI=1S/C15H22N4/c16-15(17)14-13(2-1-7-18-14)10-19(8-11-3-4-11)9-12-5-6-12/h1-2,7,11-12H,3-6,8-10H2,(H3,16,17). The lowest BCUT2D eigenvalue weighted by molar-refractivity contribution is 0.244. The van der Waals surface area contributed by atoms with E-state index in [9.17, 15) is 0 Å². The molecular formula is C15H22N4. The number of nitrogens with two attached hydrogens (primary N) is 1. The van der Waals surface area contributed by atoms with E-state index < -0.39 is 0 Å². The predicted octanol–water partition coefficient (Wildman–Crippen LogP) is 1.99. The van der Waals surface area contributed by atoms with Gasteiger partial charge in [0.15, 0.2) is 0 Å². The first-order valence-corrected chi connectivity index (χ1v) is 7.23. The lowest BCUT2D eigenvalue weighted by atomic mass is 10.1. The van der Waals surface area contributed by atoms with Crippen molar-refractivity contribution in [3.05, 3.63) is 29.6 Å². The highest BCUT2D eigenvalue weighted by Gasteiger charge is 2.29. The van der Waals surface area contributed by atoms with Gasteiger partial charge in [-0.1, -0.05) is 6.07 Å². The molecule has 1 aromatic heterocycles. The monoisotopic (exact) mass is 258 g/mol. The summed E-state index contributed by atoms with van der Waals surface area (Å²) in [5.74, 6) is 1.88. The minimum atomic E-state index is 0.0772. The third-order valence-electron chi connectivity index (χ3n) is 3.97. The van der Waals surface area contributed by atoms with Gasteiger partial charge in [-0.25, -0.2) is 0 Å². The molecule has 0 saturated heterocycles. The van der Waals surface area contributed by atoms with Gasteiger partial charge in [-0.2, -0.15) is 0 Å². The third-order valence-corrected chi connectivity index (χ3v) is 3.97. The van der Waals surface area contributed by atoms with E-state index >= 15 is 0 Å². The number of aromatic nitrogens is 1. The largest absolute Gasteiger partial charge is 0.382 e. The fourth-order valence-corrected chi connectivity index (χ4v) is 2.58. The van der Waals surface area contributed by atoms with Gasteiger partial charge in [-0.05, 0) is 49.1 Å². The molecule has 0 aliphatic heterocycles. The summed E-state index contributed by atoms with van der Waals surface area (Å²) in [6, 6.07) is 3.99. The first-order chi connectivity index (χ1) is 9.22. The SMILES string of the molecule is N=C(N)c1ncccc1CN(CC1CC1)CC1CC1. The third kappa shape index (κ3) is 3.53. The topological polar surface area (TPSA) is 66.0 Å². The van der Waals surface area contributed by atoms with Crippen LogP contribution in [0.15, 0.2) is 18.3 Å². The molecular weight excluding hydrogens is 236 g/mol. The Labute approximate surface area is 114 Å². The maximum atomic E-state index is 7.63. The lowest BCUT2D eigenvalue weighted by Crippen LogP contribution is -2.29. The Morgan fingerprint density at radius 2 is 1.89 bits per heavy atom. The highest BCUT2D eigenvalue weighted by atomic mass is 15.1. The zero-order valence-corrected chi connectivity index (χ0v) is 11.3. The van der Waals surface area contributed by atoms with Crippen molar-refractivity contribution in [3.63, 3.8) is 0 Å². The van der Waals surface area contributed by atoms with Gasteiger partial charge in [0.2, 0.25) is 0 Å². The summed E-state index contributed by atoms with van der Waals surface area (Å²) in [5, 5.41) is 7.63. The highest BCUT2D eigenvalue weighted by molar-refractivity contribution is 5.94. The molecule has 2 aliphatic carbocycles. The molecule has 2 aliphatic rings. The fraction of sp³-hybridized carbons (Fsp3) is 0.600. The van der Waals surface area contributed by atoms with Crippen molar-refractivity contribution in [2.75, 3.05) is 13.1 Å². The Morgan fingerprint density at radius 3 is 2.42 bits per heavy atom. The summed E-state index contributed by atoms with van der Waals surface area (Å²) >= 11 is 0. The van der Waals surface area contributed by atoms with Crippen LogP contribution in [-0.4, -0.2) is 28.8 Å². The number of hydrogen-bond acceptors (Lipinski definition) is 3. The predicted molar refractivity (Wildman–Crippen MR) is 76.0 cm³/mol. The van der Waals surface area contributed by atoms with Gasteiger partial charge in [-0.3, -0.25) is 15.3 Å². The lowest BCUT2D eigenvalue weighted by Gasteiger charge is -2.23. The number of hydrogen-bond donors (Lipinski definition) is 2. The molecule has 4 nitrogen and oxygen atoms in total. The normalized spacial score (nSPS) is 18.8.